The number of amides is 1. The number of aliphatic hydroxyl groups is 1. The van der Waals surface area contributed by atoms with Crippen LogP contribution in [-0.2, 0) is 6.42 Å². The third-order valence-corrected chi connectivity index (χ3v) is 4.92. The van der Waals surface area contributed by atoms with Gasteiger partial charge in [0, 0.05) is 46.3 Å². The molecule has 1 aliphatic rings. The van der Waals surface area contributed by atoms with Gasteiger partial charge in [-0.3, -0.25) is 9.69 Å². The van der Waals surface area contributed by atoms with Gasteiger partial charge in [-0.1, -0.05) is 6.92 Å². The number of β-amino-alcohol motifs (C(OH)–C–C–N with tert-alkyl or cyclic N) is 1. The largest absolute Gasteiger partial charge is 0.390 e. The van der Waals surface area contributed by atoms with Gasteiger partial charge in [0.2, 0.25) is 0 Å². The Kier molecular flexibility index (Phi) is 6.31. The predicted octanol–water partition coefficient (Wildman–Crippen LogP) is 0.386. The van der Waals surface area contributed by atoms with E-state index in [1.165, 1.54) is 11.3 Å². The first kappa shape index (κ1) is 17.3. The summed E-state index contributed by atoms with van der Waals surface area (Å²) in [5, 5.41) is 10.2. The lowest BCUT2D eigenvalue weighted by molar-refractivity contribution is 0.0503. The molecule has 1 aromatic rings. The molecule has 6 nitrogen and oxygen atoms in total. The first-order valence-electron chi connectivity index (χ1n) is 7.78. The minimum Gasteiger partial charge on any atom is -0.390 e. The molecule has 124 valence electrons. The van der Waals surface area contributed by atoms with Gasteiger partial charge in [0.1, 0.15) is 4.88 Å². The molecule has 7 heteroatoms. The Balaban J connectivity index is 1.83. The molecule has 0 radical (unpaired) electrons. The number of rotatable bonds is 6. The van der Waals surface area contributed by atoms with Crippen molar-refractivity contribution in [2.24, 2.45) is 0 Å². The van der Waals surface area contributed by atoms with Crippen LogP contribution in [0.3, 0.4) is 0 Å². The molecule has 1 unspecified atom stereocenters. The molecule has 22 heavy (non-hydrogen) atoms. The minimum absolute atomic E-state index is 0.0447. The summed E-state index contributed by atoms with van der Waals surface area (Å²) < 4.78 is 0. The number of aliphatic hydroxyl groups excluding tert-OH is 1. The Morgan fingerprint density at radius 3 is 2.77 bits per heavy atom. The third-order valence-electron chi connectivity index (χ3n) is 4.07. The van der Waals surface area contributed by atoms with Crippen molar-refractivity contribution >= 4 is 17.2 Å². The number of aromatic nitrogens is 1. The summed E-state index contributed by atoms with van der Waals surface area (Å²) in [5.41, 5.74) is 2.55. The number of thiazole rings is 1. The van der Waals surface area contributed by atoms with Crippen LogP contribution in [0.5, 0.6) is 0 Å². The zero-order chi connectivity index (χ0) is 16.1. The van der Waals surface area contributed by atoms with Crippen molar-refractivity contribution in [3.63, 3.8) is 0 Å². The average Bonchev–Trinajstić information content (AvgIpc) is 2.97. The number of hydrogen-bond acceptors (Lipinski definition) is 6. The van der Waals surface area contributed by atoms with E-state index in [2.05, 4.69) is 21.8 Å². The normalized spacial score (nSPS) is 18.4. The average molecular weight is 326 g/mol. The van der Waals surface area contributed by atoms with Gasteiger partial charge in [-0.2, -0.15) is 0 Å². The lowest BCUT2D eigenvalue weighted by Gasteiger charge is -2.34. The van der Waals surface area contributed by atoms with Gasteiger partial charge in [-0.25, -0.2) is 4.98 Å². The fourth-order valence-electron chi connectivity index (χ4n) is 2.65. The molecule has 1 aliphatic heterocycles. The highest BCUT2D eigenvalue weighted by atomic mass is 32.1. The highest BCUT2D eigenvalue weighted by Gasteiger charge is 2.22. The second-order valence-corrected chi connectivity index (χ2v) is 6.78. The van der Waals surface area contributed by atoms with Crippen LogP contribution in [0.4, 0.5) is 0 Å². The van der Waals surface area contributed by atoms with Crippen molar-refractivity contribution in [3.05, 3.63) is 16.1 Å². The Morgan fingerprint density at radius 1 is 1.45 bits per heavy atom. The van der Waals surface area contributed by atoms with Gasteiger partial charge in [-0.05, 0) is 13.5 Å². The standard InChI is InChI=1S/C15H26N4O2S/c1-4-13-14(22-11-16-13)15(21)18(3)9-12(20)10-19-7-5-17(2)6-8-19/h11-12,20H,4-10H2,1-3H3. The summed E-state index contributed by atoms with van der Waals surface area (Å²) in [4.78, 5) is 23.5. The maximum atomic E-state index is 12.4. The highest BCUT2D eigenvalue weighted by molar-refractivity contribution is 7.11. The summed E-state index contributed by atoms with van der Waals surface area (Å²) in [6.07, 6.45) is 0.234. The van der Waals surface area contributed by atoms with Crippen LogP contribution >= 0.6 is 11.3 Å². The van der Waals surface area contributed by atoms with Crippen molar-refractivity contribution in [1.82, 2.24) is 19.7 Å². The maximum Gasteiger partial charge on any atom is 0.265 e. The number of hydrogen-bond donors (Lipinski definition) is 1. The number of likely N-dealkylation sites (N-methyl/N-ethyl adjacent to an activating group) is 2. The molecule has 0 bridgehead atoms. The molecular weight excluding hydrogens is 300 g/mol. The van der Waals surface area contributed by atoms with E-state index in [9.17, 15) is 9.90 Å². The van der Waals surface area contributed by atoms with E-state index in [1.807, 2.05) is 6.92 Å². The quantitative estimate of drug-likeness (QED) is 0.819. The van der Waals surface area contributed by atoms with Gasteiger partial charge in [0.25, 0.3) is 5.91 Å². The number of carbonyl (C=O) groups excluding carboxylic acids is 1. The Hall–Kier alpha value is -1.02. The molecule has 0 saturated carbocycles. The second kappa shape index (κ2) is 8.01. The summed E-state index contributed by atoms with van der Waals surface area (Å²) in [6, 6.07) is 0. The SMILES string of the molecule is CCc1ncsc1C(=O)N(C)CC(O)CN1CCN(C)CC1. The number of piperazine rings is 1. The molecule has 1 atom stereocenters. The van der Waals surface area contributed by atoms with Crippen LogP contribution < -0.4 is 0 Å². The van der Waals surface area contributed by atoms with Crippen LogP contribution in [0.1, 0.15) is 22.3 Å². The molecule has 2 heterocycles. The first-order chi connectivity index (χ1) is 10.5. The number of aryl methyl sites for hydroxylation is 1. The van der Waals surface area contributed by atoms with Crippen LogP contribution in [-0.4, -0.2) is 90.2 Å². The topological polar surface area (TPSA) is 59.9 Å². The van der Waals surface area contributed by atoms with Crippen LogP contribution in [0.25, 0.3) is 0 Å². The zero-order valence-corrected chi connectivity index (χ0v) is 14.5. The van der Waals surface area contributed by atoms with E-state index >= 15 is 0 Å². The third kappa shape index (κ3) is 4.49. The first-order valence-corrected chi connectivity index (χ1v) is 8.66. The molecule has 1 N–H and O–H groups in total. The van der Waals surface area contributed by atoms with Crippen molar-refractivity contribution in [2.75, 3.05) is 53.4 Å². The fourth-order valence-corrected chi connectivity index (χ4v) is 3.53. The van der Waals surface area contributed by atoms with E-state index in [0.717, 1.165) is 38.3 Å². The van der Waals surface area contributed by atoms with Gasteiger partial charge in [0.15, 0.2) is 0 Å². The lowest BCUT2D eigenvalue weighted by Crippen LogP contribution is -2.49. The number of carbonyl (C=O) groups is 1. The van der Waals surface area contributed by atoms with Gasteiger partial charge < -0.3 is 14.9 Å². The second-order valence-electron chi connectivity index (χ2n) is 5.93. The number of nitrogens with zero attached hydrogens (tertiary/aromatic N) is 4. The van der Waals surface area contributed by atoms with E-state index < -0.39 is 6.10 Å². The Bertz CT molecular complexity index is 486. The van der Waals surface area contributed by atoms with Crippen LogP contribution in [0.2, 0.25) is 0 Å². The maximum absolute atomic E-state index is 12.4. The molecule has 1 aromatic heterocycles. The monoisotopic (exact) mass is 326 g/mol. The summed E-state index contributed by atoms with van der Waals surface area (Å²) >= 11 is 1.37. The Morgan fingerprint density at radius 2 is 2.14 bits per heavy atom. The molecule has 2 rings (SSSR count). The molecule has 0 aromatic carbocycles. The molecular formula is C15H26N4O2S. The van der Waals surface area contributed by atoms with Crippen molar-refractivity contribution in [3.8, 4) is 0 Å². The van der Waals surface area contributed by atoms with Gasteiger partial charge in [-0.15, -0.1) is 11.3 Å². The Labute approximate surface area is 136 Å². The smallest absolute Gasteiger partial charge is 0.265 e. The van der Waals surface area contributed by atoms with E-state index in [-0.39, 0.29) is 5.91 Å². The summed E-state index contributed by atoms with van der Waals surface area (Å²) in [5.74, 6) is -0.0447. The lowest BCUT2D eigenvalue weighted by atomic mass is 10.2. The molecule has 1 saturated heterocycles. The van der Waals surface area contributed by atoms with Crippen molar-refractivity contribution in [2.45, 2.75) is 19.4 Å². The zero-order valence-electron chi connectivity index (χ0n) is 13.7. The molecule has 0 spiro atoms. The fraction of sp³-hybridized carbons (Fsp3) is 0.733. The van der Waals surface area contributed by atoms with E-state index in [0.29, 0.717) is 18.0 Å². The van der Waals surface area contributed by atoms with Crippen LogP contribution in [0.15, 0.2) is 5.51 Å². The van der Waals surface area contributed by atoms with Gasteiger partial charge in [0.05, 0.1) is 17.3 Å². The van der Waals surface area contributed by atoms with Crippen molar-refractivity contribution in [1.29, 1.82) is 0 Å². The summed E-state index contributed by atoms with van der Waals surface area (Å²) in [7, 11) is 3.86. The molecule has 1 amide bonds. The highest BCUT2D eigenvalue weighted by Crippen LogP contribution is 2.16. The van der Waals surface area contributed by atoms with Gasteiger partial charge >= 0.3 is 0 Å². The predicted molar refractivity (Wildman–Crippen MR) is 88.4 cm³/mol. The minimum atomic E-state index is -0.518. The summed E-state index contributed by atoms with van der Waals surface area (Å²) in [6.45, 7) is 6.97. The van der Waals surface area contributed by atoms with Crippen molar-refractivity contribution < 1.29 is 9.90 Å². The molecule has 0 aliphatic carbocycles. The molecule has 1 fully saturated rings. The van der Waals surface area contributed by atoms with E-state index in [4.69, 9.17) is 0 Å². The van der Waals surface area contributed by atoms with Crippen LogP contribution in [0, 0.1) is 0 Å². The van der Waals surface area contributed by atoms with E-state index in [1.54, 1.807) is 17.5 Å².